The van der Waals surface area contributed by atoms with Crippen molar-refractivity contribution in [3.63, 3.8) is 0 Å². The second-order valence-electron chi connectivity index (χ2n) is 4.82. The fourth-order valence-electron chi connectivity index (χ4n) is 2.33. The first-order chi connectivity index (χ1) is 10.8. The van der Waals surface area contributed by atoms with Crippen molar-refractivity contribution in [3.05, 3.63) is 89.6 Å². The minimum Gasteiger partial charge on any atom is -0.330 e. The Morgan fingerprint density at radius 2 is 1.78 bits per heavy atom. The summed E-state index contributed by atoms with van der Waals surface area (Å²) < 4.78 is 0. The normalized spacial score (nSPS) is 12.5. The number of nitriles is 1. The Hall–Kier alpha value is -2.25. The Morgan fingerprint density at radius 1 is 1.09 bits per heavy atom. The first-order valence-corrected chi connectivity index (χ1v) is 6.90. The van der Waals surface area contributed by atoms with Crippen molar-refractivity contribution < 1.29 is 34.4 Å². The van der Waals surface area contributed by atoms with Gasteiger partial charge in [-0.1, -0.05) is 42.5 Å². The van der Waals surface area contributed by atoms with Crippen LogP contribution in [0.1, 0.15) is 16.7 Å². The van der Waals surface area contributed by atoms with Crippen LogP contribution in [-0.4, -0.2) is 10.8 Å². The van der Waals surface area contributed by atoms with Crippen LogP contribution in [0.2, 0.25) is 0 Å². The van der Waals surface area contributed by atoms with Gasteiger partial charge < -0.3 is 4.90 Å². The van der Waals surface area contributed by atoms with E-state index in [2.05, 4.69) is 6.07 Å². The van der Waals surface area contributed by atoms with Crippen LogP contribution in [-0.2, 0) is 4.79 Å². The Labute approximate surface area is 157 Å². The Bertz CT molecular complexity index is 791. The number of nitrogens with zero attached hydrogens (tertiary/aromatic N) is 2. The third-order valence-electron chi connectivity index (χ3n) is 3.42. The van der Waals surface area contributed by atoms with E-state index in [0.717, 1.165) is 16.7 Å². The average Bonchev–Trinajstić information content (AvgIpc) is 2.59. The number of hydrogen-bond acceptors (Lipinski definition) is 2. The molecule has 4 heteroatoms. The Balaban J connectivity index is 0.00000192. The maximum absolute atomic E-state index is 12.4. The van der Waals surface area contributed by atoms with Gasteiger partial charge in [0.15, 0.2) is 0 Å². The molecule has 3 nitrogen and oxygen atoms in total. The quantitative estimate of drug-likeness (QED) is 0.464. The summed E-state index contributed by atoms with van der Waals surface area (Å²) >= 11 is 0. The van der Waals surface area contributed by atoms with Crippen molar-refractivity contribution in [2.75, 3.05) is 0 Å². The van der Waals surface area contributed by atoms with Gasteiger partial charge in [0.05, 0.1) is 0 Å². The molecule has 0 radical (unpaired) electrons. The monoisotopic (exact) mass is 308 g/mol. The molecule has 2 aromatic carbocycles. The zero-order valence-electron chi connectivity index (χ0n) is 12.8. The van der Waals surface area contributed by atoms with E-state index in [1.807, 2.05) is 60.7 Å². The topological polar surface area (TPSA) is 44.1 Å². The maximum atomic E-state index is 12.4. The number of carbonyl (C=O) groups excluding carboxylic acids is 1. The predicted octanol–water partition coefficient (Wildman–Crippen LogP) is 0.621. The largest absolute Gasteiger partial charge is 1.00 e. The molecule has 0 saturated carbocycles. The number of amides is 1. The van der Waals surface area contributed by atoms with E-state index in [4.69, 9.17) is 0 Å². The molecule has 1 aliphatic heterocycles. The van der Waals surface area contributed by atoms with Crippen molar-refractivity contribution in [1.29, 1.82) is 5.26 Å². The van der Waals surface area contributed by atoms with Gasteiger partial charge in [0.2, 0.25) is 5.91 Å². The molecule has 1 aliphatic rings. The van der Waals surface area contributed by atoms with E-state index in [1.165, 1.54) is 11.0 Å². The SMILES string of the molecule is N#C[C-]1c2ccccc2C=CN1C(=O)/C=C/c1ccccc1.[Na+]. The molecular weight excluding hydrogens is 295 g/mol. The molecule has 1 heterocycles. The third-order valence-corrected chi connectivity index (χ3v) is 3.42. The van der Waals surface area contributed by atoms with E-state index in [1.54, 1.807) is 12.3 Å². The summed E-state index contributed by atoms with van der Waals surface area (Å²) in [6.45, 7) is 0. The molecular formula is C19H13N2NaO. The van der Waals surface area contributed by atoms with Crippen LogP contribution in [0.5, 0.6) is 0 Å². The van der Waals surface area contributed by atoms with Crippen LogP contribution in [0.3, 0.4) is 0 Å². The van der Waals surface area contributed by atoms with E-state index >= 15 is 0 Å². The van der Waals surface area contributed by atoms with Gasteiger partial charge in [-0.05, 0) is 17.8 Å². The number of hydrogen-bond donors (Lipinski definition) is 0. The van der Waals surface area contributed by atoms with Crippen LogP contribution >= 0.6 is 0 Å². The maximum Gasteiger partial charge on any atom is 1.00 e. The Morgan fingerprint density at radius 3 is 2.52 bits per heavy atom. The average molecular weight is 308 g/mol. The van der Waals surface area contributed by atoms with Crippen molar-refractivity contribution in [2.24, 2.45) is 0 Å². The summed E-state index contributed by atoms with van der Waals surface area (Å²) in [7, 11) is 0. The van der Waals surface area contributed by atoms with Gasteiger partial charge in [-0.25, -0.2) is 5.26 Å². The van der Waals surface area contributed by atoms with Crippen LogP contribution in [0.25, 0.3) is 12.2 Å². The molecule has 3 rings (SSSR count). The van der Waals surface area contributed by atoms with Crippen LogP contribution < -0.4 is 29.6 Å². The molecule has 23 heavy (non-hydrogen) atoms. The molecule has 0 unspecified atom stereocenters. The smallest absolute Gasteiger partial charge is 0.330 e. The summed E-state index contributed by atoms with van der Waals surface area (Å²) in [4.78, 5) is 13.7. The predicted molar refractivity (Wildman–Crippen MR) is 85.8 cm³/mol. The second-order valence-corrected chi connectivity index (χ2v) is 4.82. The van der Waals surface area contributed by atoms with Crippen molar-refractivity contribution in [2.45, 2.75) is 0 Å². The van der Waals surface area contributed by atoms with E-state index < -0.39 is 0 Å². The molecule has 0 N–H and O–H groups in total. The molecule has 106 valence electrons. The summed E-state index contributed by atoms with van der Waals surface area (Å²) in [5, 5.41) is 9.40. The molecule has 0 aromatic heterocycles. The van der Waals surface area contributed by atoms with Crippen molar-refractivity contribution in [3.8, 4) is 6.07 Å². The molecule has 0 saturated heterocycles. The first-order valence-electron chi connectivity index (χ1n) is 6.90. The minimum absolute atomic E-state index is 0. The van der Waals surface area contributed by atoms with Gasteiger partial charge in [0.1, 0.15) is 0 Å². The third kappa shape index (κ3) is 3.75. The molecule has 0 atom stereocenters. The second kappa shape index (κ2) is 7.85. The molecule has 0 aliphatic carbocycles. The fraction of sp³-hybridized carbons (Fsp3) is 0. The Kier molecular flexibility index (Phi) is 5.84. The first kappa shape index (κ1) is 17.1. The van der Waals surface area contributed by atoms with Crippen LogP contribution in [0, 0.1) is 17.4 Å². The minimum atomic E-state index is -0.244. The fourth-order valence-corrected chi connectivity index (χ4v) is 2.33. The van der Waals surface area contributed by atoms with Crippen LogP contribution in [0.4, 0.5) is 0 Å². The van der Waals surface area contributed by atoms with Crippen LogP contribution in [0.15, 0.2) is 66.9 Å². The molecule has 0 spiro atoms. The van der Waals surface area contributed by atoms with Crippen molar-refractivity contribution in [1.82, 2.24) is 4.90 Å². The van der Waals surface area contributed by atoms with Gasteiger partial charge in [-0.2, -0.15) is 6.07 Å². The van der Waals surface area contributed by atoms with E-state index in [9.17, 15) is 10.1 Å². The van der Waals surface area contributed by atoms with E-state index in [0.29, 0.717) is 6.04 Å². The summed E-state index contributed by atoms with van der Waals surface area (Å²) in [6, 6.07) is 19.6. The van der Waals surface area contributed by atoms with Gasteiger partial charge >= 0.3 is 29.6 Å². The van der Waals surface area contributed by atoms with Gasteiger partial charge in [0, 0.05) is 18.2 Å². The van der Waals surface area contributed by atoms with Gasteiger partial charge in [-0.15, -0.1) is 23.3 Å². The van der Waals surface area contributed by atoms with Gasteiger partial charge in [-0.3, -0.25) is 4.79 Å². The van der Waals surface area contributed by atoms with Gasteiger partial charge in [0.25, 0.3) is 0 Å². The van der Waals surface area contributed by atoms with Crippen molar-refractivity contribution >= 4 is 18.1 Å². The molecule has 0 fully saturated rings. The molecule has 0 bridgehead atoms. The summed E-state index contributed by atoms with van der Waals surface area (Å²) in [5.74, 6) is -0.244. The zero-order chi connectivity index (χ0) is 15.4. The zero-order valence-corrected chi connectivity index (χ0v) is 14.8. The number of carbonyl (C=O) groups is 1. The summed E-state index contributed by atoms with van der Waals surface area (Å²) in [5.41, 5.74) is 2.65. The number of rotatable bonds is 2. The standard InChI is InChI=1S/C19H13N2O.Na/c20-14-18-17-9-5-4-8-16(17)12-13-21(18)19(22)11-10-15-6-2-1-3-7-15;/h1-13H;/q-1;+1/b11-10+;. The molecule has 2 aromatic rings. The molecule has 1 amide bonds. The number of benzene rings is 2. The van der Waals surface area contributed by atoms with E-state index in [-0.39, 0.29) is 35.5 Å². The summed E-state index contributed by atoms with van der Waals surface area (Å²) in [6.07, 6.45) is 6.69. The number of fused-ring (bicyclic) bond motifs is 1.